The van der Waals surface area contributed by atoms with Crippen molar-refractivity contribution in [2.75, 3.05) is 19.7 Å². The van der Waals surface area contributed by atoms with E-state index < -0.39 is 0 Å². The third kappa shape index (κ3) is 3.35. The van der Waals surface area contributed by atoms with Crippen molar-refractivity contribution in [3.05, 3.63) is 53.6 Å². The second-order valence-corrected chi connectivity index (χ2v) is 6.54. The predicted octanol–water partition coefficient (Wildman–Crippen LogP) is 3.23. The van der Waals surface area contributed by atoms with Crippen LogP contribution in [0, 0.1) is 5.82 Å². The van der Waals surface area contributed by atoms with Gasteiger partial charge in [-0.15, -0.1) is 0 Å². The minimum Gasteiger partial charge on any atom is -0.369 e. The Labute approximate surface area is 145 Å². The number of carbonyl (C=O) groups is 1. The molecular formula is C19H20FN3O2. The first kappa shape index (κ1) is 16.0. The van der Waals surface area contributed by atoms with E-state index in [-0.39, 0.29) is 17.8 Å². The van der Waals surface area contributed by atoms with Crippen LogP contribution in [0.15, 0.2) is 42.2 Å². The van der Waals surface area contributed by atoms with Crippen LogP contribution in [-0.4, -0.2) is 40.7 Å². The third-order valence-corrected chi connectivity index (χ3v) is 4.83. The fraction of sp³-hybridized carbons (Fsp3) is 0.368. The number of hydrogen-bond donors (Lipinski definition) is 1. The molecule has 0 saturated carbocycles. The number of aromatic nitrogens is 2. The van der Waals surface area contributed by atoms with E-state index >= 15 is 0 Å². The van der Waals surface area contributed by atoms with Crippen molar-refractivity contribution in [1.29, 1.82) is 0 Å². The van der Waals surface area contributed by atoms with Gasteiger partial charge in [-0.05, 0) is 30.0 Å². The Morgan fingerprint density at radius 3 is 2.92 bits per heavy atom. The standard InChI is InChI=1S/C19H20FN3O2/c20-17-8-14(15-9-21-22-10-15)4-5-16(17)18-6-3-13(12-25-18)11-23-7-1-2-19(23)24/h3-5,8-10,18H,1-2,6-7,11-12H2,(H,21,22). The topological polar surface area (TPSA) is 58.2 Å². The van der Waals surface area contributed by atoms with Crippen molar-refractivity contribution in [2.24, 2.45) is 0 Å². The molecule has 1 saturated heterocycles. The molecule has 2 aliphatic rings. The number of aromatic amines is 1. The first-order valence-corrected chi connectivity index (χ1v) is 8.56. The van der Waals surface area contributed by atoms with Crippen LogP contribution in [0.3, 0.4) is 0 Å². The van der Waals surface area contributed by atoms with Gasteiger partial charge in [0.1, 0.15) is 5.82 Å². The highest BCUT2D eigenvalue weighted by molar-refractivity contribution is 5.78. The third-order valence-electron chi connectivity index (χ3n) is 4.83. The van der Waals surface area contributed by atoms with Crippen molar-refractivity contribution in [3.63, 3.8) is 0 Å². The average molecular weight is 341 g/mol. The van der Waals surface area contributed by atoms with Gasteiger partial charge in [-0.2, -0.15) is 5.10 Å². The summed E-state index contributed by atoms with van der Waals surface area (Å²) in [6, 6.07) is 5.19. The minimum atomic E-state index is -0.281. The van der Waals surface area contributed by atoms with E-state index in [1.807, 2.05) is 11.0 Å². The lowest BCUT2D eigenvalue weighted by molar-refractivity contribution is -0.127. The number of ether oxygens (including phenoxy) is 1. The van der Waals surface area contributed by atoms with Crippen molar-refractivity contribution in [2.45, 2.75) is 25.4 Å². The van der Waals surface area contributed by atoms with Crippen molar-refractivity contribution < 1.29 is 13.9 Å². The highest BCUT2D eigenvalue weighted by Crippen LogP contribution is 2.31. The monoisotopic (exact) mass is 341 g/mol. The van der Waals surface area contributed by atoms with Gasteiger partial charge in [0.15, 0.2) is 0 Å². The Morgan fingerprint density at radius 1 is 1.36 bits per heavy atom. The summed E-state index contributed by atoms with van der Waals surface area (Å²) in [5.74, 6) is -0.0563. The number of benzene rings is 1. The Bertz CT molecular complexity index is 801. The second kappa shape index (κ2) is 6.80. The first-order chi connectivity index (χ1) is 12.2. The van der Waals surface area contributed by atoms with Crippen LogP contribution in [0.2, 0.25) is 0 Å². The molecule has 2 aromatic rings. The summed E-state index contributed by atoms with van der Waals surface area (Å²) < 4.78 is 20.4. The minimum absolute atomic E-state index is 0.212. The van der Waals surface area contributed by atoms with Gasteiger partial charge < -0.3 is 9.64 Å². The lowest BCUT2D eigenvalue weighted by Crippen LogP contribution is -2.29. The molecule has 2 aliphatic heterocycles. The molecular weight excluding hydrogens is 321 g/mol. The van der Waals surface area contributed by atoms with Crippen molar-refractivity contribution in [3.8, 4) is 11.1 Å². The van der Waals surface area contributed by atoms with Crippen LogP contribution in [-0.2, 0) is 9.53 Å². The van der Waals surface area contributed by atoms with Gasteiger partial charge in [-0.3, -0.25) is 9.89 Å². The highest BCUT2D eigenvalue weighted by atomic mass is 19.1. The summed E-state index contributed by atoms with van der Waals surface area (Å²) in [6.07, 6.45) is 7.41. The molecule has 1 amide bonds. The van der Waals surface area contributed by atoms with Crippen LogP contribution >= 0.6 is 0 Å². The zero-order valence-corrected chi connectivity index (χ0v) is 13.9. The Hall–Kier alpha value is -2.47. The van der Waals surface area contributed by atoms with Crippen molar-refractivity contribution in [1.82, 2.24) is 15.1 Å². The zero-order chi connectivity index (χ0) is 17.2. The number of nitrogens with zero attached hydrogens (tertiary/aromatic N) is 2. The van der Waals surface area contributed by atoms with E-state index in [2.05, 4.69) is 16.3 Å². The molecule has 1 unspecified atom stereocenters. The van der Waals surface area contributed by atoms with E-state index in [0.717, 1.165) is 29.7 Å². The maximum absolute atomic E-state index is 14.5. The summed E-state index contributed by atoms with van der Waals surface area (Å²) in [6.45, 7) is 1.90. The van der Waals surface area contributed by atoms with E-state index in [1.165, 1.54) is 6.07 Å². The average Bonchev–Trinajstić information content (AvgIpc) is 3.28. The molecule has 0 spiro atoms. The van der Waals surface area contributed by atoms with Gasteiger partial charge in [0.2, 0.25) is 5.91 Å². The quantitative estimate of drug-likeness (QED) is 0.869. The first-order valence-electron chi connectivity index (χ1n) is 8.56. The highest BCUT2D eigenvalue weighted by Gasteiger charge is 2.24. The number of H-pyrrole nitrogens is 1. The van der Waals surface area contributed by atoms with E-state index in [9.17, 15) is 9.18 Å². The predicted molar refractivity (Wildman–Crippen MR) is 91.2 cm³/mol. The molecule has 5 nitrogen and oxygen atoms in total. The molecule has 4 rings (SSSR count). The molecule has 1 aromatic heterocycles. The molecule has 1 atom stereocenters. The Balaban J connectivity index is 1.44. The lowest BCUT2D eigenvalue weighted by atomic mass is 9.99. The van der Waals surface area contributed by atoms with Gasteiger partial charge in [0, 0.05) is 36.8 Å². The van der Waals surface area contributed by atoms with Gasteiger partial charge in [-0.1, -0.05) is 18.2 Å². The molecule has 0 aliphatic carbocycles. The van der Waals surface area contributed by atoms with Gasteiger partial charge >= 0.3 is 0 Å². The summed E-state index contributed by atoms with van der Waals surface area (Å²) >= 11 is 0. The summed E-state index contributed by atoms with van der Waals surface area (Å²) in [7, 11) is 0. The van der Waals surface area contributed by atoms with Crippen LogP contribution in [0.25, 0.3) is 11.1 Å². The maximum atomic E-state index is 14.5. The molecule has 0 radical (unpaired) electrons. The van der Waals surface area contributed by atoms with Crippen LogP contribution < -0.4 is 0 Å². The molecule has 3 heterocycles. The molecule has 6 heteroatoms. The van der Waals surface area contributed by atoms with E-state index in [4.69, 9.17) is 4.74 Å². The summed E-state index contributed by atoms with van der Waals surface area (Å²) in [5, 5.41) is 6.62. The zero-order valence-electron chi connectivity index (χ0n) is 13.9. The number of amides is 1. The van der Waals surface area contributed by atoms with Crippen LogP contribution in [0.1, 0.15) is 30.9 Å². The SMILES string of the molecule is O=C1CCCN1CC1=CCC(c2ccc(-c3cn[nH]c3)cc2F)OC1. The second-order valence-electron chi connectivity index (χ2n) is 6.54. The number of nitrogens with one attached hydrogen (secondary N) is 1. The Kier molecular flexibility index (Phi) is 4.36. The smallest absolute Gasteiger partial charge is 0.222 e. The number of halogens is 1. The molecule has 1 N–H and O–H groups in total. The number of carbonyl (C=O) groups excluding carboxylic acids is 1. The van der Waals surface area contributed by atoms with E-state index in [1.54, 1.807) is 18.5 Å². The number of rotatable bonds is 4. The molecule has 0 bridgehead atoms. The molecule has 1 aromatic carbocycles. The van der Waals surface area contributed by atoms with Crippen LogP contribution in [0.4, 0.5) is 4.39 Å². The fourth-order valence-corrected chi connectivity index (χ4v) is 3.43. The van der Waals surface area contributed by atoms with Gasteiger partial charge in [-0.25, -0.2) is 4.39 Å². The normalized spacial score (nSPS) is 20.8. The molecule has 130 valence electrons. The summed E-state index contributed by atoms with van der Waals surface area (Å²) in [4.78, 5) is 13.6. The fourth-order valence-electron chi connectivity index (χ4n) is 3.43. The summed E-state index contributed by atoms with van der Waals surface area (Å²) in [5.41, 5.74) is 3.31. The van der Waals surface area contributed by atoms with Gasteiger partial charge in [0.25, 0.3) is 0 Å². The lowest BCUT2D eigenvalue weighted by Gasteiger charge is -2.26. The maximum Gasteiger partial charge on any atom is 0.222 e. The number of likely N-dealkylation sites (tertiary alicyclic amines) is 1. The number of hydrogen-bond acceptors (Lipinski definition) is 3. The largest absolute Gasteiger partial charge is 0.369 e. The van der Waals surface area contributed by atoms with Crippen LogP contribution in [0.5, 0.6) is 0 Å². The molecule has 1 fully saturated rings. The van der Waals surface area contributed by atoms with Crippen molar-refractivity contribution >= 4 is 5.91 Å². The molecule has 25 heavy (non-hydrogen) atoms. The Morgan fingerprint density at radius 2 is 2.28 bits per heavy atom. The van der Waals surface area contributed by atoms with E-state index in [0.29, 0.717) is 31.6 Å². The van der Waals surface area contributed by atoms with Gasteiger partial charge in [0.05, 0.1) is 18.9 Å².